The molecule has 1 amide bonds. The molecule has 0 aliphatic carbocycles. The largest absolute Gasteiger partial charge is 0.392 e. The molecule has 0 aromatic heterocycles. The zero-order chi connectivity index (χ0) is 14.7. The highest BCUT2D eigenvalue weighted by Crippen LogP contribution is 2.16. The second kappa shape index (κ2) is 7.05. The minimum absolute atomic E-state index is 0.158. The molecule has 3 heterocycles. The fourth-order valence-electron chi connectivity index (χ4n) is 3.58. The molecule has 3 atom stereocenters. The summed E-state index contributed by atoms with van der Waals surface area (Å²) in [6.07, 6.45) is 3.94. The summed E-state index contributed by atoms with van der Waals surface area (Å²) in [6.45, 7) is 6.04. The van der Waals surface area contributed by atoms with Crippen LogP contribution in [0.15, 0.2) is 0 Å². The molecule has 3 unspecified atom stereocenters. The summed E-state index contributed by atoms with van der Waals surface area (Å²) in [5.74, 6) is 0.158. The molecule has 6 heteroatoms. The number of nitrogens with one attached hydrogen (secondary N) is 1. The molecule has 0 saturated carbocycles. The summed E-state index contributed by atoms with van der Waals surface area (Å²) in [5.41, 5.74) is 0. The third-order valence-corrected chi connectivity index (χ3v) is 4.79. The first-order chi connectivity index (χ1) is 10.2. The van der Waals surface area contributed by atoms with Crippen LogP contribution in [-0.2, 0) is 9.53 Å². The third-order valence-electron chi connectivity index (χ3n) is 4.79. The molecule has 0 bridgehead atoms. The van der Waals surface area contributed by atoms with Crippen molar-refractivity contribution in [2.45, 2.75) is 43.9 Å². The first-order valence-electron chi connectivity index (χ1n) is 8.26. The number of carbonyl (C=O) groups excluding carboxylic acids is 1. The van der Waals surface area contributed by atoms with Gasteiger partial charge in [0, 0.05) is 39.3 Å². The lowest BCUT2D eigenvalue weighted by molar-refractivity contribution is -0.133. The van der Waals surface area contributed by atoms with Crippen LogP contribution in [-0.4, -0.2) is 84.9 Å². The third kappa shape index (κ3) is 3.94. The highest BCUT2D eigenvalue weighted by Gasteiger charge is 2.32. The van der Waals surface area contributed by atoms with E-state index in [1.807, 2.05) is 4.90 Å². The van der Waals surface area contributed by atoms with Gasteiger partial charge in [0.1, 0.15) is 0 Å². The highest BCUT2D eigenvalue weighted by atomic mass is 16.5. The van der Waals surface area contributed by atoms with Gasteiger partial charge in [0.25, 0.3) is 0 Å². The van der Waals surface area contributed by atoms with E-state index in [0.717, 1.165) is 45.8 Å². The molecule has 6 nitrogen and oxygen atoms in total. The molecule has 3 aliphatic heterocycles. The fraction of sp³-hybridized carbons (Fsp3) is 0.933. The van der Waals surface area contributed by atoms with Crippen molar-refractivity contribution in [3.05, 3.63) is 0 Å². The van der Waals surface area contributed by atoms with Gasteiger partial charge in [0.05, 0.1) is 18.2 Å². The van der Waals surface area contributed by atoms with Crippen LogP contribution >= 0.6 is 0 Å². The Morgan fingerprint density at radius 2 is 2.14 bits per heavy atom. The minimum Gasteiger partial charge on any atom is -0.392 e. The quantitative estimate of drug-likeness (QED) is 0.730. The average Bonchev–Trinajstić information content (AvgIpc) is 3.07. The summed E-state index contributed by atoms with van der Waals surface area (Å²) in [6, 6.07) is -0.190. The van der Waals surface area contributed by atoms with Gasteiger partial charge in [-0.25, -0.2) is 0 Å². The predicted octanol–water partition coefficient (Wildman–Crippen LogP) is -0.577. The second-order valence-corrected chi connectivity index (χ2v) is 6.46. The van der Waals surface area contributed by atoms with Crippen molar-refractivity contribution < 1.29 is 14.6 Å². The average molecular weight is 297 g/mol. The molecule has 2 N–H and O–H groups in total. The normalized spacial score (nSPS) is 35.1. The van der Waals surface area contributed by atoms with Gasteiger partial charge in [-0.3, -0.25) is 9.69 Å². The predicted molar refractivity (Wildman–Crippen MR) is 79.0 cm³/mol. The van der Waals surface area contributed by atoms with Gasteiger partial charge in [-0.2, -0.15) is 0 Å². The molecular weight excluding hydrogens is 270 g/mol. The molecule has 21 heavy (non-hydrogen) atoms. The SMILES string of the molecule is O=C(C1CC(O)CN1)N1CCCN(CC2CCCO2)CC1. The van der Waals surface area contributed by atoms with Gasteiger partial charge in [-0.15, -0.1) is 0 Å². The minimum atomic E-state index is -0.373. The zero-order valence-corrected chi connectivity index (χ0v) is 12.7. The number of rotatable bonds is 3. The maximum Gasteiger partial charge on any atom is 0.239 e. The lowest BCUT2D eigenvalue weighted by Crippen LogP contribution is -2.45. The summed E-state index contributed by atoms with van der Waals surface area (Å²) in [7, 11) is 0. The number of aliphatic hydroxyl groups is 1. The van der Waals surface area contributed by atoms with Gasteiger partial charge in [0.2, 0.25) is 5.91 Å². The fourth-order valence-corrected chi connectivity index (χ4v) is 3.58. The summed E-state index contributed by atoms with van der Waals surface area (Å²) >= 11 is 0. The van der Waals surface area contributed by atoms with Gasteiger partial charge in [-0.1, -0.05) is 0 Å². The van der Waals surface area contributed by atoms with Gasteiger partial charge in [0.15, 0.2) is 0 Å². The lowest BCUT2D eigenvalue weighted by atomic mass is 10.2. The van der Waals surface area contributed by atoms with E-state index in [2.05, 4.69) is 10.2 Å². The Bertz CT molecular complexity index is 360. The van der Waals surface area contributed by atoms with Gasteiger partial charge in [-0.05, 0) is 32.2 Å². The number of carbonyl (C=O) groups is 1. The molecular formula is C15H27N3O3. The van der Waals surface area contributed by atoms with E-state index in [4.69, 9.17) is 4.74 Å². The van der Waals surface area contributed by atoms with Crippen molar-refractivity contribution in [2.75, 3.05) is 45.9 Å². The van der Waals surface area contributed by atoms with Gasteiger partial charge >= 0.3 is 0 Å². The number of ether oxygens (including phenoxy) is 1. The Hall–Kier alpha value is -0.690. The van der Waals surface area contributed by atoms with Gasteiger partial charge < -0.3 is 20.1 Å². The molecule has 3 rings (SSSR count). The van der Waals surface area contributed by atoms with Crippen molar-refractivity contribution in [3.8, 4) is 0 Å². The molecule has 3 aliphatic rings. The van der Waals surface area contributed by atoms with Crippen molar-refractivity contribution in [3.63, 3.8) is 0 Å². The zero-order valence-electron chi connectivity index (χ0n) is 12.7. The molecule has 0 spiro atoms. The van der Waals surface area contributed by atoms with Crippen LogP contribution in [0.3, 0.4) is 0 Å². The van der Waals surface area contributed by atoms with E-state index in [1.54, 1.807) is 0 Å². The van der Waals surface area contributed by atoms with E-state index in [1.165, 1.54) is 12.8 Å². The van der Waals surface area contributed by atoms with E-state index in [9.17, 15) is 9.90 Å². The monoisotopic (exact) mass is 297 g/mol. The van der Waals surface area contributed by atoms with Crippen molar-refractivity contribution in [1.29, 1.82) is 0 Å². The van der Waals surface area contributed by atoms with Crippen LogP contribution < -0.4 is 5.32 Å². The Kier molecular flexibility index (Phi) is 5.11. The first-order valence-corrected chi connectivity index (χ1v) is 8.26. The standard InChI is InChI=1S/C15H27N3O3/c19-12-9-14(16-10-12)15(20)18-5-2-4-17(6-7-18)11-13-3-1-8-21-13/h12-14,16,19H,1-11H2. The highest BCUT2D eigenvalue weighted by molar-refractivity contribution is 5.82. The van der Waals surface area contributed by atoms with Crippen molar-refractivity contribution in [2.24, 2.45) is 0 Å². The number of hydrogen-bond acceptors (Lipinski definition) is 5. The summed E-state index contributed by atoms with van der Waals surface area (Å²) in [5, 5.41) is 12.7. The maximum absolute atomic E-state index is 12.5. The maximum atomic E-state index is 12.5. The molecule has 3 fully saturated rings. The number of hydrogen-bond donors (Lipinski definition) is 2. The summed E-state index contributed by atoms with van der Waals surface area (Å²) < 4.78 is 5.70. The van der Waals surface area contributed by atoms with E-state index in [-0.39, 0.29) is 18.1 Å². The number of aliphatic hydroxyl groups excluding tert-OH is 1. The molecule has 3 saturated heterocycles. The van der Waals surface area contributed by atoms with Crippen LogP contribution in [0.4, 0.5) is 0 Å². The van der Waals surface area contributed by atoms with Crippen LogP contribution in [0.25, 0.3) is 0 Å². The molecule has 0 radical (unpaired) electrons. The molecule has 0 aromatic carbocycles. The second-order valence-electron chi connectivity index (χ2n) is 6.46. The summed E-state index contributed by atoms with van der Waals surface area (Å²) in [4.78, 5) is 16.9. The lowest BCUT2D eigenvalue weighted by Gasteiger charge is -2.25. The smallest absolute Gasteiger partial charge is 0.239 e. The Morgan fingerprint density at radius 3 is 2.86 bits per heavy atom. The van der Waals surface area contributed by atoms with E-state index < -0.39 is 0 Å². The number of nitrogens with zero attached hydrogens (tertiary/aromatic N) is 2. The molecule has 0 aromatic rings. The van der Waals surface area contributed by atoms with Crippen LogP contribution in [0, 0.1) is 0 Å². The van der Waals surface area contributed by atoms with Crippen molar-refractivity contribution >= 4 is 5.91 Å². The van der Waals surface area contributed by atoms with Crippen LogP contribution in [0.1, 0.15) is 25.7 Å². The molecule has 120 valence electrons. The Morgan fingerprint density at radius 1 is 1.24 bits per heavy atom. The van der Waals surface area contributed by atoms with Crippen LogP contribution in [0.5, 0.6) is 0 Å². The van der Waals surface area contributed by atoms with Crippen molar-refractivity contribution in [1.82, 2.24) is 15.1 Å². The number of β-amino-alcohol motifs (C(OH)–C–C–N with tert-alkyl or cyclic N) is 1. The topological polar surface area (TPSA) is 65.0 Å². The first kappa shape index (κ1) is 15.2. The Labute approximate surface area is 126 Å². The van der Waals surface area contributed by atoms with E-state index >= 15 is 0 Å². The van der Waals surface area contributed by atoms with E-state index in [0.29, 0.717) is 19.1 Å². The van der Waals surface area contributed by atoms with Crippen LogP contribution in [0.2, 0.25) is 0 Å². The Balaban J connectivity index is 1.47. The number of amides is 1.